The fourth-order valence-electron chi connectivity index (χ4n) is 3.85. The molecule has 4 rings (SSSR count). The number of sulfonamides is 1. The summed E-state index contributed by atoms with van der Waals surface area (Å²) in [7, 11) is -2.62. The van der Waals surface area contributed by atoms with Crippen LogP contribution in [0.3, 0.4) is 0 Å². The number of hydrogen-bond donors (Lipinski definition) is 1. The van der Waals surface area contributed by atoms with Crippen LogP contribution in [0.1, 0.15) is 27.2 Å². The molecule has 0 radical (unpaired) electrons. The Morgan fingerprint density at radius 2 is 1.74 bits per heavy atom. The number of nitro benzene ring substituents is 1. The maximum atomic E-state index is 13.2. The standard InChI is InChI=1S/C26H24N4O7S/c1-17-12-13-22(15-23(17)26(32)37-16-19-8-7-11-21(14-19)30(33)34)38(35,36)27-24-18(2)28(3)29(25(24)31)20-9-5-4-6-10-20/h4-15,27H,16H2,1-3H3. The lowest BCUT2D eigenvalue weighted by molar-refractivity contribution is -0.384. The molecule has 0 saturated carbocycles. The van der Waals surface area contributed by atoms with Crippen LogP contribution >= 0.6 is 0 Å². The summed E-state index contributed by atoms with van der Waals surface area (Å²) in [4.78, 5) is 36.1. The molecule has 0 aliphatic rings. The Kier molecular flexibility index (Phi) is 7.17. The van der Waals surface area contributed by atoms with Crippen LogP contribution in [0.25, 0.3) is 5.69 Å². The summed E-state index contributed by atoms with van der Waals surface area (Å²) in [5.41, 5.74) is 1.03. The lowest BCUT2D eigenvalue weighted by atomic mass is 10.1. The van der Waals surface area contributed by atoms with E-state index in [1.165, 1.54) is 41.1 Å². The molecule has 196 valence electrons. The molecule has 1 heterocycles. The number of nitrogens with one attached hydrogen (secondary N) is 1. The van der Waals surface area contributed by atoms with Crippen LogP contribution in [0.5, 0.6) is 0 Å². The van der Waals surface area contributed by atoms with Gasteiger partial charge in [-0.2, -0.15) is 0 Å². The highest BCUT2D eigenvalue weighted by Gasteiger charge is 2.24. The zero-order valence-electron chi connectivity index (χ0n) is 20.7. The van der Waals surface area contributed by atoms with E-state index in [0.29, 0.717) is 22.5 Å². The average Bonchev–Trinajstić information content (AvgIpc) is 3.10. The summed E-state index contributed by atoms with van der Waals surface area (Å²) in [5.74, 6) is -0.798. The van der Waals surface area contributed by atoms with Crippen LogP contribution in [-0.4, -0.2) is 28.7 Å². The molecule has 0 amide bonds. The lowest BCUT2D eigenvalue weighted by Crippen LogP contribution is -2.23. The number of ether oxygens (including phenoxy) is 1. The SMILES string of the molecule is Cc1ccc(S(=O)(=O)Nc2c(C)n(C)n(-c3ccccc3)c2=O)cc1C(=O)OCc1cccc([N+](=O)[O-])c1. The number of benzene rings is 3. The van der Waals surface area contributed by atoms with Gasteiger partial charge in [0.2, 0.25) is 0 Å². The number of rotatable bonds is 8. The Bertz CT molecular complexity index is 1710. The Labute approximate surface area is 218 Å². The molecular formula is C26H24N4O7S. The van der Waals surface area contributed by atoms with Crippen molar-refractivity contribution >= 4 is 27.4 Å². The second kappa shape index (κ2) is 10.3. The van der Waals surface area contributed by atoms with Gasteiger partial charge in [-0.3, -0.25) is 24.3 Å². The Morgan fingerprint density at radius 1 is 1.03 bits per heavy atom. The van der Waals surface area contributed by atoms with Crippen LogP contribution in [0, 0.1) is 24.0 Å². The quantitative estimate of drug-likeness (QED) is 0.205. The zero-order valence-corrected chi connectivity index (χ0v) is 21.6. The van der Waals surface area contributed by atoms with E-state index in [0.717, 1.165) is 0 Å². The van der Waals surface area contributed by atoms with E-state index in [9.17, 15) is 28.1 Å². The number of nitrogens with zero attached hydrogens (tertiary/aromatic N) is 3. The summed E-state index contributed by atoms with van der Waals surface area (Å²) < 4.78 is 37.0. The summed E-state index contributed by atoms with van der Waals surface area (Å²) in [6, 6.07) is 18.4. The fraction of sp³-hybridized carbons (Fsp3) is 0.154. The van der Waals surface area contributed by atoms with Crippen molar-refractivity contribution in [2.75, 3.05) is 4.72 Å². The smallest absolute Gasteiger partial charge is 0.338 e. The van der Waals surface area contributed by atoms with E-state index in [4.69, 9.17) is 4.74 Å². The molecule has 0 aliphatic carbocycles. The Balaban J connectivity index is 1.60. The molecule has 11 nitrogen and oxygen atoms in total. The molecule has 0 spiro atoms. The fourth-order valence-corrected chi connectivity index (χ4v) is 5.00. The number of hydrogen-bond acceptors (Lipinski definition) is 7. The largest absolute Gasteiger partial charge is 0.457 e. The van der Waals surface area contributed by atoms with E-state index in [-0.39, 0.29) is 28.4 Å². The Hall–Kier alpha value is -4.71. The second-order valence-corrected chi connectivity index (χ2v) is 10.2. The van der Waals surface area contributed by atoms with Gasteiger partial charge in [0.25, 0.3) is 21.3 Å². The van der Waals surface area contributed by atoms with Crippen LogP contribution in [0.4, 0.5) is 11.4 Å². The number of anilines is 1. The number of para-hydroxylation sites is 1. The number of nitro groups is 1. The minimum atomic E-state index is -4.26. The highest BCUT2D eigenvalue weighted by Crippen LogP contribution is 2.22. The average molecular weight is 537 g/mol. The van der Waals surface area contributed by atoms with Gasteiger partial charge in [0.15, 0.2) is 0 Å². The number of carbonyl (C=O) groups is 1. The molecule has 1 N–H and O–H groups in total. The molecule has 4 aromatic rings. The summed E-state index contributed by atoms with van der Waals surface area (Å²) in [6.45, 7) is 3.00. The maximum Gasteiger partial charge on any atom is 0.338 e. The van der Waals surface area contributed by atoms with Crippen LogP contribution < -0.4 is 10.3 Å². The zero-order chi connectivity index (χ0) is 27.6. The first kappa shape index (κ1) is 26.4. The first-order valence-corrected chi connectivity index (χ1v) is 12.9. The first-order chi connectivity index (χ1) is 18.0. The van der Waals surface area contributed by atoms with Gasteiger partial charge < -0.3 is 4.74 Å². The van der Waals surface area contributed by atoms with Gasteiger partial charge in [-0.15, -0.1) is 0 Å². The summed E-state index contributed by atoms with van der Waals surface area (Å²) >= 11 is 0. The van der Waals surface area contributed by atoms with Gasteiger partial charge in [-0.05, 0) is 49.2 Å². The third kappa shape index (κ3) is 5.20. The molecule has 0 atom stereocenters. The molecule has 3 aromatic carbocycles. The predicted molar refractivity (Wildman–Crippen MR) is 140 cm³/mol. The molecule has 12 heteroatoms. The number of esters is 1. The molecular weight excluding hydrogens is 512 g/mol. The molecule has 38 heavy (non-hydrogen) atoms. The van der Waals surface area contributed by atoms with E-state index < -0.39 is 26.5 Å². The summed E-state index contributed by atoms with van der Waals surface area (Å²) in [5, 5.41) is 11.0. The van der Waals surface area contributed by atoms with Gasteiger partial charge in [0.1, 0.15) is 12.3 Å². The molecule has 0 aliphatic heterocycles. The number of non-ortho nitro benzene ring substituents is 1. The van der Waals surface area contributed by atoms with E-state index in [1.54, 1.807) is 62.0 Å². The normalized spacial score (nSPS) is 11.2. The maximum absolute atomic E-state index is 13.2. The van der Waals surface area contributed by atoms with E-state index in [1.807, 2.05) is 0 Å². The third-order valence-corrected chi connectivity index (χ3v) is 7.37. The van der Waals surface area contributed by atoms with Crippen molar-refractivity contribution in [1.29, 1.82) is 0 Å². The molecule has 0 saturated heterocycles. The molecule has 1 aromatic heterocycles. The van der Waals surface area contributed by atoms with E-state index in [2.05, 4.69) is 4.72 Å². The van der Waals surface area contributed by atoms with Gasteiger partial charge in [-0.1, -0.05) is 36.4 Å². The van der Waals surface area contributed by atoms with Crippen molar-refractivity contribution in [3.05, 3.63) is 116 Å². The molecule has 0 bridgehead atoms. The number of aromatic nitrogens is 2. The minimum Gasteiger partial charge on any atom is -0.457 e. The van der Waals surface area contributed by atoms with Crippen molar-refractivity contribution in [3.63, 3.8) is 0 Å². The number of aryl methyl sites for hydroxylation is 1. The van der Waals surface area contributed by atoms with Gasteiger partial charge in [-0.25, -0.2) is 17.9 Å². The third-order valence-electron chi connectivity index (χ3n) is 6.02. The van der Waals surface area contributed by atoms with Crippen molar-refractivity contribution in [2.24, 2.45) is 7.05 Å². The van der Waals surface area contributed by atoms with Crippen LogP contribution in [-0.2, 0) is 28.4 Å². The predicted octanol–water partition coefficient (Wildman–Crippen LogP) is 3.86. The summed E-state index contributed by atoms with van der Waals surface area (Å²) in [6.07, 6.45) is 0. The van der Waals surface area contributed by atoms with Crippen molar-refractivity contribution in [2.45, 2.75) is 25.3 Å². The van der Waals surface area contributed by atoms with Gasteiger partial charge in [0, 0.05) is 19.2 Å². The van der Waals surface area contributed by atoms with Crippen molar-refractivity contribution in [3.8, 4) is 5.69 Å². The monoisotopic (exact) mass is 536 g/mol. The van der Waals surface area contributed by atoms with Crippen molar-refractivity contribution in [1.82, 2.24) is 9.36 Å². The Morgan fingerprint density at radius 3 is 2.42 bits per heavy atom. The minimum absolute atomic E-state index is 0.00443. The first-order valence-electron chi connectivity index (χ1n) is 11.4. The number of carbonyl (C=O) groups excluding carboxylic acids is 1. The second-order valence-electron chi connectivity index (χ2n) is 8.52. The lowest BCUT2D eigenvalue weighted by Gasteiger charge is -2.11. The molecule has 0 unspecified atom stereocenters. The van der Waals surface area contributed by atoms with Gasteiger partial charge in [0.05, 0.1) is 26.8 Å². The molecule has 0 fully saturated rings. The van der Waals surface area contributed by atoms with Gasteiger partial charge >= 0.3 is 5.97 Å². The van der Waals surface area contributed by atoms with Crippen LogP contribution in [0.2, 0.25) is 0 Å². The van der Waals surface area contributed by atoms with Crippen molar-refractivity contribution < 1.29 is 22.9 Å². The highest BCUT2D eigenvalue weighted by atomic mass is 32.2. The van der Waals surface area contributed by atoms with E-state index >= 15 is 0 Å². The van der Waals surface area contributed by atoms with Crippen LogP contribution in [0.15, 0.2) is 82.5 Å². The highest BCUT2D eigenvalue weighted by molar-refractivity contribution is 7.92. The topological polar surface area (TPSA) is 143 Å².